The van der Waals surface area contributed by atoms with E-state index in [1.165, 1.54) is 6.33 Å². The maximum absolute atomic E-state index is 11.0. The van der Waals surface area contributed by atoms with Gasteiger partial charge in [0.25, 0.3) is 0 Å². The van der Waals surface area contributed by atoms with E-state index in [1.807, 2.05) is 0 Å². The summed E-state index contributed by atoms with van der Waals surface area (Å²) in [7, 11) is 1.79. The molecule has 2 rings (SSSR count). The molecule has 0 aromatic carbocycles. The van der Waals surface area contributed by atoms with Crippen molar-refractivity contribution in [2.24, 2.45) is 5.84 Å². The van der Waals surface area contributed by atoms with Crippen molar-refractivity contribution in [3.8, 4) is 0 Å². The zero-order valence-electron chi connectivity index (χ0n) is 8.75. The second-order valence-corrected chi connectivity index (χ2v) is 3.64. The van der Waals surface area contributed by atoms with E-state index >= 15 is 0 Å². The number of aromatic nitrogens is 2. The Morgan fingerprint density at radius 3 is 2.81 bits per heavy atom. The summed E-state index contributed by atoms with van der Waals surface area (Å²) in [4.78, 5) is 19.9. The number of rotatable bonds is 4. The second-order valence-electron chi connectivity index (χ2n) is 3.64. The molecule has 1 heterocycles. The smallest absolute Gasteiger partial charge is 0.351 e. The molecule has 1 aromatic heterocycles. The fraction of sp³-hybridized carbons (Fsp3) is 0.500. The lowest BCUT2D eigenvalue weighted by Crippen LogP contribution is -2.23. The van der Waals surface area contributed by atoms with E-state index in [2.05, 4.69) is 15.4 Å². The van der Waals surface area contributed by atoms with Gasteiger partial charge in [-0.1, -0.05) is 0 Å². The third-order valence-electron chi connectivity index (χ3n) is 2.55. The van der Waals surface area contributed by atoms with E-state index in [9.17, 15) is 10.1 Å². The molecule has 0 unspecified atom stereocenters. The standard InChI is InChI=1S/C8H12N6O2/c1-13(5-2-3-5)8-6(14(15)16)7(12-9)10-4-11-8/h4-5H,2-3,9H2,1H3,(H,10,11,12). The Kier molecular flexibility index (Phi) is 2.57. The summed E-state index contributed by atoms with van der Waals surface area (Å²) in [6.45, 7) is 0. The number of nitrogens with zero attached hydrogens (tertiary/aromatic N) is 4. The average molecular weight is 224 g/mol. The van der Waals surface area contributed by atoms with Crippen LogP contribution in [0.2, 0.25) is 0 Å². The lowest BCUT2D eigenvalue weighted by atomic mass is 10.4. The summed E-state index contributed by atoms with van der Waals surface area (Å²) >= 11 is 0. The van der Waals surface area contributed by atoms with Crippen molar-refractivity contribution < 1.29 is 4.92 Å². The number of nitrogens with two attached hydrogens (primary N) is 1. The molecule has 1 fully saturated rings. The summed E-state index contributed by atoms with van der Waals surface area (Å²) in [5.74, 6) is 5.52. The van der Waals surface area contributed by atoms with Gasteiger partial charge in [0.2, 0.25) is 11.6 Å². The van der Waals surface area contributed by atoms with Crippen molar-refractivity contribution in [1.82, 2.24) is 9.97 Å². The number of nitro groups is 1. The molecule has 0 spiro atoms. The number of hydrogen-bond donors (Lipinski definition) is 2. The third kappa shape index (κ3) is 1.74. The Balaban J connectivity index is 2.45. The molecule has 1 aromatic rings. The van der Waals surface area contributed by atoms with E-state index < -0.39 is 4.92 Å². The van der Waals surface area contributed by atoms with E-state index in [-0.39, 0.29) is 11.5 Å². The third-order valence-corrected chi connectivity index (χ3v) is 2.55. The van der Waals surface area contributed by atoms with Crippen LogP contribution in [0.15, 0.2) is 6.33 Å². The molecular formula is C8H12N6O2. The Bertz CT molecular complexity index is 419. The zero-order chi connectivity index (χ0) is 11.7. The molecule has 1 aliphatic rings. The zero-order valence-corrected chi connectivity index (χ0v) is 8.75. The van der Waals surface area contributed by atoms with Gasteiger partial charge in [0.15, 0.2) is 0 Å². The summed E-state index contributed by atoms with van der Waals surface area (Å²) in [6, 6.07) is 0.333. The Labute approximate surface area is 91.6 Å². The first-order valence-corrected chi connectivity index (χ1v) is 4.84. The highest BCUT2D eigenvalue weighted by Crippen LogP contribution is 2.36. The van der Waals surface area contributed by atoms with Crippen LogP contribution in [0.1, 0.15) is 12.8 Å². The number of anilines is 2. The van der Waals surface area contributed by atoms with Gasteiger partial charge in [-0.3, -0.25) is 10.1 Å². The largest absolute Gasteiger partial charge is 0.354 e. The molecule has 8 heteroatoms. The topological polar surface area (TPSA) is 110 Å². The average Bonchev–Trinajstić information content (AvgIpc) is 3.10. The number of nitrogen functional groups attached to an aromatic ring is 1. The quantitative estimate of drug-likeness (QED) is 0.429. The van der Waals surface area contributed by atoms with Crippen LogP contribution in [0.4, 0.5) is 17.3 Å². The molecule has 0 saturated heterocycles. The van der Waals surface area contributed by atoms with Crippen LogP contribution in [0.3, 0.4) is 0 Å². The number of nitrogens with one attached hydrogen (secondary N) is 1. The maximum atomic E-state index is 11.0. The van der Waals surface area contributed by atoms with Gasteiger partial charge < -0.3 is 10.3 Å². The van der Waals surface area contributed by atoms with Gasteiger partial charge in [-0.05, 0) is 12.8 Å². The predicted molar refractivity (Wildman–Crippen MR) is 57.9 cm³/mol. The maximum Gasteiger partial charge on any atom is 0.354 e. The molecular weight excluding hydrogens is 212 g/mol. The van der Waals surface area contributed by atoms with Crippen molar-refractivity contribution in [3.63, 3.8) is 0 Å². The molecule has 0 aliphatic heterocycles. The van der Waals surface area contributed by atoms with Gasteiger partial charge in [0, 0.05) is 13.1 Å². The fourth-order valence-corrected chi connectivity index (χ4v) is 1.54. The van der Waals surface area contributed by atoms with Crippen molar-refractivity contribution in [3.05, 3.63) is 16.4 Å². The molecule has 0 bridgehead atoms. The molecule has 16 heavy (non-hydrogen) atoms. The molecule has 0 amide bonds. The highest BCUT2D eigenvalue weighted by Gasteiger charge is 2.33. The van der Waals surface area contributed by atoms with Crippen LogP contribution < -0.4 is 16.2 Å². The lowest BCUT2D eigenvalue weighted by Gasteiger charge is -2.17. The highest BCUT2D eigenvalue weighted by atomic mass is 16.6. The lowest BCUT2D eigenvalue weighted by molar-refractivity contribution is -0.383. The van der Waals surface area contributed by atoms with E-state index in [0.717, 1.165) is 12.8 Å². The van der Waals surface area contributed by atoms with Crippen molar-refractivity contribution in [2.75, 3.05) is 17.4 Å². The van der Waals surface area contributed by atoms with E-state index in [0.29, 0.717) is 11.9 Å². The first-order valence-electron chi connectivity index (χ1n) is 4.84. The van der Waals surface area contributed by atoms with Crippen molar-refractivity contribution >= 4 is 17.3 Å². The van der Waals surface area contributed by atoms with Gasteiger partial charge in [-0.2, -0.15) is 0 Å². The van der Waals surface area contributed by atoms with Gasteiger partial charge in [-0.15, -0.1) is 0 Å². The van der Waals surface area contributed by atoms with Gasteiger partial charge in [-0.25, -0.2) is 15.8 Å². The molecule has 8 nitrogen and oxygen atoms in total. The summed E-state index contributed by atoms with van der Waals surface area (Å²) < 4.78 is 0. The first-order chi connectivity index (χ1) is 7.65. The summed E-state index contributed by atoms with van der Waals surface area (Å²) in [5, 5.41) is 11.0. The van der Waals surface area contributed by atoms with Crippen LogP contribution in [0.25, 0.3) is 0 Å². The predicted octanol–water partition coefficient (Wildman–Crippen LogP) is 0.269. The first kappa shape index (κ1) is 10.6. The normalized spacial score (nSPS) is 14.6. The molecule has 86 valence electrons. The number of hydrogen-bond acceptors (Lipinski definition) is 7. The molecule has 0 atom stereocenters. The Morgan fingerprint density at radius 2 is 2.31 bits per heavy atom. The highest BCUT2D eigenvalue weighted by molar-refractivity contribution is 5.70. The van der Waals surface area contributed by atoms with E-state index in [4.69, 9.17) is 5.84 Å². The minimum atomic E-state index is -0.524. The fourth-order valence-electron chi connectivity index (χ4n) is 1.54. The van der Waals surface area contributed by atoms with Crippen LogP contribution >= 0.6 is 0 Å². The summed E-state index contributed by atoms with van der Waals surface area (Å²) in [6.07, 6.45) is 3.32. The molecule has 3 N–H and O–H groups in total. The minimum Gasteiger partial charge on any atom is -0.351 e. The van der Waals surface area contributed by atoms with E-state index in [1.54, 1.807) is 11.9 Å². The van der Waals surface area contributed by atoms with Crippen LogP contribution in [0, 0.1) is 10.1 Å². The van der Waals surface area contributed by atoms with Crippen LogP contribution in [-0.2, 0) is 0 Å². The molecule has 1 saturated carbocycles. The van der Waals surface area contributed by atoms with Crippen LogP contribution in [-0.4, -0.2) is 28.0 Å². The monoisotopic (exact) mass is 224 g/mol. The molecule has 1 aliphatic carbocycles. The Morgan fingerprint density at radius 1 is 1.62 bits per heavy atom. The van der Waals surface area contributed by atoms with Gasteiger partial charge in [0.05, 0.1) is 4.92 Å². The second kappa shape index (κ2) is 3.89. The minimum absolute atomic E-state index is 0.0301. The van der Waals surface area contributed by atoms with Gasteiger partial charge >= 0.3 is 5.69 Å². The van der Waals surface area contributed by atoms with Crippen molar-refractivity contribution in [1.29, 1.82) is 0 Å². The summed E-state index contributed by atoms with van der Waals surface area (Å²) in [5.41, 5.74) is 2.03. The SMILES string of the molecule is CN(c1ncnc(NN)c1[N+](=O)[O-])C1CC1. The molecule has 0 radical (unpaired) electrons. The van der Waals surface area contributed by atoms with Gasteiger partial charge in [0.1, 0.15) is 6.33 Å². The Hall–Kier alpha value is -1.96. The van der Waals surface area contributed by atoms with Crippen molar-refractivity contribution in [2.45, 2.75) is 18.9 Å². The van der Waals surface area contributed by atoms with Crippen LogP contribution in [0.5, 0.6) is 0 Å². The number of hydrazine groups is 1.